The molecule has 1 fully saturated rings. The molecule has 1 amide bonds. The van der Waals surface area contributed by atoms with E-state index in [1.807, 2.05) is 35.2 Å². The lowest BCUT2D eigenvalue weighted by molar-refractivity contribution is -0.134. The number of rotatable bonds is 4. The Morgan fingerprint density at radius 3 is 2.70 bits per heavy atom. The summed E-state index contributed by atoms with van der Waals surface area (Å²) in [7, 11) is 2.13. The number of nitrogens with two attached hydrogens (primary N) is 1. The molecule has 2 atom stereocenters. The van der Waals surface area contributed by atoms with E-state index >= 15 is 0 Å². The van der Waals surface area contributed by atoms with Gasteiger partial charge in [0.15, 0.2) is 0 Å². The third-order valence-electron chi connectivity index (χ3n) is 4.22. The molecule has 0 aromatic heterocycles. The van der Waals surface area contributed by atoms with Gasteiger partial charge in [0.25, 0.3) is 0 Å². The van der Waals surface area contributed by atoms with E-state index in [4.69, 9.17) is 5.73 Å². The van der Waals surface area contributed by atoms with Gasteiger partial charge in [0.2, 0.25) is 5.91 Å². The molecular weight excluding hydrogens is 250 g/mol. The number of nitrogens with zero attached hydrogens (tertiary/aromatic N) is 2. The van der Waals surface area contributed by atoms with Crippen LogP contribution >= 0.6 is 0 Å². The molecular formula is C16H25N3O. The number of benzene rings is 1. The number of piperazine rings is 1. The molecule has 1 aromatic rings. The zero-order valence-electron chi connectivity index (χ0n) is 12.5. The SMILES string of the molecule is CCC1CN(C(=O)CC(N)c2ccccc2)CCN1C. The van der Waals surface area contributed by atoms with Gasteiger partial charge in [0.05, 0.1) is 0 Å². The van der Waals surface area contributed by atoms with Crippen LogP contribution in [0.3, 0.4) is 0 Å². The van der Waals surface area contributed by atoms with Crippen LogP contribution in [-0.4, -0.2) is 48.4 Å². The Balaban J connectivity index is 1.92. The predicted octanol–water partition coefficient (Wildman–Crippen LogP) is 1.63. The average molecular weight is 275 g/mol. The van der Waals surface area contributed by atoms with Crippen molar-refractivity contribution in [1.29, 1.82) is 0 Å². The first kappa shape index (κ1) is 15.0. The molecule has 1 saturated heterocycles. The highest BCUT2D eigenvalue weighted by Gasteiger charge is 2.26. The Morgan fingerprint density at radius 1 is 1.35 bits per heavy atom. The van der Waals surface area contributed by atoms with Crippen molar-refractivity contribution >= 4 is 5.91 Å². The minimum atomic E-state index is -0.205. The van der Waals surface area contributed by atoms with Gasteiger partial charge in [-0.25, -0.2) is 0 Å². The molecule has 0 bridgehead atoms. The van der Waals surface area contributed by atoms with Gasteiger partial charge in [-0.1, -0.05) is 37.3 Å². The minimum absolute atomic E-state index is 0.174. The first-order chi connectivity index (χ1) is 9.61. The van der Waals surface area contributed by atoms with E-state index in [1.54, 1.807) is 0 Å². The van der Waals surface area contributed by atoms with Crippen molar-refractivity contribution in [3.05, 3.63) is 35.9 Å². The van der Waals surface area contributed by atoms with Crippen LogP contribution in [0.1, 0.15) is 31.4 Å². The number of hydrogen-bond donors (Lipinski definition) is 1. The van der Waals surface area contributed by atoms with Crippen molar-refractivity contribution in [2.45, 2.75) is 31.8 Å². The molecule has 110 valence electrons. The lowest BCUT2D eigenvalue weighted by Crippen LogP contribution is -2.53. The van der Waals surface area contributed by atoms with Crippen LogP contribution in [0, 0.1) is 0 Å². The van der Waals surface area contributed by atoms with Gasteiger partial charge in [0.1, 0.15) is 0 Å². The van der Waals surface area contributed by atoms with E-state index in [1.165, 1.54) is 0 Å². The van der Waals surface area contributed by atoms with Crippen LogP contribution in [0.2, 0.25) is 0 Å². The van der Waals surface area contributed by atoms with Crippen molar-refractivity contribution in [2.75, 3.05) is 26.7 Å². The van der Waals surface area contributed by atoms with Gasteiger partial charge in [0, 0.05) is 38.1 Å². The van der Waals surface area contributed by atoms with Crippen molar-refractivity contribution in [2.24, 2.45) is 5.73 Å². The molecule has 0 aliphatic carbocycles. The fourth-order valence-corrected chi connectivity index (χ4v) is 2.75. The van der Waals surface area contributed by atoms with E-state index in [0.29, 0.717) is 12.5 Å². The summed E-state index contributed by atoms with van der Waals surface area (Å²) in [5.74, 6) is 0.174. The number of likely N-dealkylation sites (N-methyl/N-ethyl adjacent to an activating group) is 1. The predicted molar refractivity (Wildman–Crippen MR) is 81.3 cm³/mol. The smallest absolute Gasteiger partial charge is 0.224 e. The summed E-state index contributed by atoms with van der Waals surface area (Å²) in [6, 6.07) is 10.1. The van der Waals surface area contributed by atoms with Gasteiger partial charge in [-0.2, -0.15) is 0 Å². The van der Waals surface area contributed by atoms with Crippen molar-refractivity contribution in [1.82, 2.24) is 9.80 Å². The van der Waals surface area contributed by atoms with Gasteiger partial charge in [-0.3, -0.25) is 9.69 Å². The molecule has 1 heterocycles. The summed E-state index contributed by atoms with van der Waals surface area (Å²) in [5.41, 5.74) is 7.17. The number of amides is 1. The summed E-state index contributed by atoms with van der Waals surface area (Å²) in [5, 5.41) is 0. The first-order valence-electron chi connectivity index (χ1n) is 7.40. The van der Waals surface area contributed by atoms with Gasteiger partial charge < -0.3 is 10.6 Å². The molecule has 0 saturated carbocycles. The van der Waals surface area contributed by atoms with Crippen LogP contribution in [-0.2, 0) is 4.79 Å². The van der Waals surface area contributed by atoms with Gasteiger partial charge in [-0.05, 0) is 19.0 Å². The van der Waals surface area contributed by atoms with Gasteiger partial charge >= 0.3 is 0 Å². The Labute approximate surface area is 121 Å². The monoisotopic (exact) mass is 275 g/mol. The Hall–Kier alpha value is -1.39. The standard InChI is InChI=1S/C16H25N3O/c1-3-14-12-19(10-9-18(14)2)16(20)11-15(17)13-7-5-4-6-8-13/h4-8,14-15H,3,9-12,17H2,1-2H3. The maximum atomic E-state index is 12.4. The normalized spacial score (nSPS) is 21.8. The molecule has 0 spiro atoms. The van der Waals surface area contributed by atoms with Crippen molar-refractivity contribution < 1.29 is 4.79 Å². The molecule has 2 unspecified atom stereocenters. The highest BCUT2D eigenvalue weighted by atomic mass is 16.2. The maximum Gasteiger partial charge on any atom is 0.224 e. The minimum Gasteiger partial charge on any atom is -0.340 e. The molecule has 0 radical (unpaired) electrons. The lowest BCUT2D eigenvalue weighted by Gasteiger charge is -2.39. The summed E-state index contributed by atoms with van der Waals surface area (Å²) in [4.78, 5) is 16.7. The molecule has 2 rings (SSSR count). The van der Waals surface area contributed by atoms with E-state index in [0.717, 1.165) is 31.6 Å². The van der Waals surface area contributed by atoms with Crippen molar-refractivity contribution in [3.8, 4) is 0 Å². The van der Waals surface area contributed by atoms with E-state index in [2.05, 4.69) is 18.9 Å². The van der Waals surface area contributed by atoms with Crippen LogP contribution in [0.25, 0.3) is 0 Å². The molecule has 4 nitrogen and oxygen atoms in total. The number of carbonyl (C=O) groups excluding carboxylic acids is 1. The van der Waals surface area contributed by atoms with Crippen LogP contribution in [0.15, 0.2) is 30.3 Å². The Bertz CT molecular complexity index is 435. The van der Waals surface area contributed by atoms with E-state index < -0.39 is 0 Å². The molecule has 1 aliphatic heterocycles. The summed E-state index contributed by atoms with van der Waals surface area (Å²) >= 11 is 0. The van der Waals surface area contributed by atoms with Crippen LogP contribution < -0.4 is 5.73 Å². The third-order valence-corrected chi connectivity index (χ3v) is 4.22. The summed E-state index contributed by atoms with van der Waals surface area (Å²) < 4.78 is 0. The van der Waals surface area contributed by atoms with E-state index in [9.17, 15) is 4.79 Å². The largest absolute Gasteiger partial charge is 0.340 e. The molecule has 2 N–H and O–H groups in total. The third kappa shape index (κ3) is 3.58. The second-order valence-corrected chi connectivity index (χ2v) is 5.60. The molecule has 20 heavy (non-hydrogen) atoms. The lowest BCUT2D eigenvalue weighted by atomic mass is 10.0. The summed E-state index contributed by atoms with van der Waals surface area (Å²) in [6.45, 7) is 4.76. The van der Waals surface area contributed by atoms with Crippen molar-refractivity contribution in [3.63, 3.8) is 0 Å². The zero-order chi connectivity index (χ0) is 14.5. The topological polar surface area (TPSA) is 49.6 Å². The second-order valence-electron chi connectivity index (χ2n) is 5.60. The highest BCUT2D eigenvalue weighted by Crippen LogP contribution is 2.17. The summed E-state index contributed by atoms with van der Waals surface area (Å²) in [6.07, 6.45) is 1.47. The van der Waals surface area contributed by atoms with Crippen LogP contribution in [0.5, 0.6) is 0 Å². The quantitative estimate of drug-likeness (QED) is 0.908. The number of carbonyl (C=O) groups is 1. The van der Waals surface area contributed by atoms with Gasteiger partial charge in [-0.15, -0.1) is 0 Å². The van der Waals surface area contributed by atoms with E-state index in [-0.39, 0.29) is 11.9 Å². The Morgan fingerprint density at radius 2 is 2.05 bits per heavy atom. The molecule has 1 aliphatic rings. The fraction of sp³-hybridized carbons (Fsp3) is 0.562. The number of hydrogen-bond acceptors (Lipinski definition) is 3. The maximum absolute atomic E-state index is 12.4. The zero-order valence-corrected chi connectivity index (χ0v) is 12.5. The molecule has 4 heteroatoms. The highest BCUT2D eigenvalue weighted by molar-refractivity contribution is 5.77. The van der Waals surface area contributed by atoms with Crippen LogP contribution in [0.4, 0.5) is 0 Å². The fourth-order valence-electron chi connectivity index (χ4n) is 2.75. The second kappa shape index (κ2) is 6.86. The first-order valence-corrected chi connectivity index (χ1v) is 7.40. The average Bonchev–Trinajstić information content (AvgIpc) is 2.48. The molecule has 1 aromatic carbocycles. The Kier molecular flexibility index (Phi) is 5.15.